The van der Waals surface area contributed by atoms with Gasteiger partial charge < -0.3 is 19.9 Å². The van der Waals surface area contributed by atoms with Crippen molar-refractivity contribution in [3.63, 3.8) is 0 Å². The molecule has 0 saturated carbocycles. The normalized spacial score (nSPS) is 12.2. The molecular formula is C11H18N2O3. The highest BCUT2D eigenvalue weighted by molar-refractivity contribution is 5.49. The second kappa shape index (κ2) is 6.17. The van der Waals surface area contributed by atoms with Crippen molar-refractivity contribution in [1.29, 1.82) is 0 Å². The summed E-state index contributed by atoms with van der Waals surface area (Å²) >= 11 is 0. The van der Waals surface area contributed by atoms with Crippen LogP contribution in [0.4, 0.5) is 5.69 Å². The molecule has 0 aliphatic rings. The van der Waals surface area contributed by atoms with Crippen molar-refractivity contribution in [2.45, 2.75) is 20.0 Å². The van der Waals surface area contributed by atoms with Gasteiger partial charge in [0, 0.05) is 12.7 Å². The van der Waals surface area contributed by atoms with Crippen molar-refractivity contribution in [3.8, 4) is 11.8 Å². The molecule has 0 bridgehead atoms. The third kappa shape index (κ3) is 3.58. The van der Waals surface area contributed by atoms with Crippen LogP contribution in [0, 0.1) is 0 Å². The monoisotopic (exact) mass is 226 g/mol. The molecule has 1 rings (SSSR count). The molecular weight excluding hydrogens is 208 g/mol. The van der Waals surface area contributed by atoms with Gasteiger partial charge in [-0.2, -0.15) is 4.98 Å². The van der Waals surface area contributed by atoms with Crippen LogP contribution in [-0.4, -0.2) is 31.4 Å². The lowest BCUT2D eigenvalue weighted by Gasteiger charge is -2.15. The molecule has 5 heteroatoms. The number of hydrogen-bond acceptors (Lipinski definition) is 5. The molecule has 1 atom stereocenters. The Morgan fingerprint density at radius 3 is 2.81 bits per heavy atom. The van der Waals surface area contributed by atoms with Gasteiger partial charge in [0.15, 0.2) is 0 Å². The van der Waals surface area contributed by atoms with Crippen LogP contribution < -0.4 is 15.2 Å². The largest absolute Gasteiger partial charge is 0.481 e. The number of pyridine rings is 1. The zero-order valence-electron chi connectivity index (χ0n) is 9.90. The molecule has 0 spiro atoms. The Labute approximate surface area is 95.5 Å². The van der Waals surface area contributed by atoms with Crippen LogP contribution in [0.3, 0.4) is 0 Å². The van der Waals surface area contributed by atoms with E-state index < -0.39 is 0 Å². The first kappa shape index (κ1) is 12.6. The average molecular weight is 226 g/mol. The molecule has 0 aliphatic carbocycles. The van der Waals surface area contributed by atoms with Crippen LogP contribution in [0.1, 0.15) is 13.8 Å². The number of methoxy groups -OCH3 is 1. The van der Waals surface area contributed by atoms with E-state index in [4.69, 9.17) is 19.9 Å². The molecule has 1 aromatic heterocycles. The molecule has 90 valence electrons. The lowest BCUT2D eigenvalue weighted by atomic mass is 10.4. The Morgan fingerprint density at radius 2 is 2.19 bits per heavy atom. The Morgan fingerprint density at radius 1 is 1.44 bits per heavy atom. The standard InChI is InChI=1S/C11H18N2O3/c1-4-15-7-8(2)16-11-9(12)5-6-10(13-11)14-3/h5-6,8H,4,7,12H2,1-3H3. The van der Waals surface area contributed by atoms with Gasteiger partial charge in [0.1, 0.15) is 6.10 Å². The number of aromatic nitrogens is 1. The molecule has 0 aromatic carbocycles. The summed E-state index contributed by atoms with van der Waals surface area (Å²) in [6, 6.07) is 3.39. The Balaban J connectivity index is 2.64. The van der Waals surface area contributed by atoms with Crippen molar-refractivity contribution in [2.75, 3.05) is 26.1 Å². The van der Waals surface area contributed by atoms with Crippen LogP contribution in [0.5, 0.6) is 11.8 Å². The molecule has 0 aliphatic heterocycles. The predicted octanol–water partition coefficient (Wildman–Crippen LogP) is 1.48. The molecule has 1 heterocycles. The lowest BCUT2D eigenvalue weighted by molar-refractivity contribution is 0.0635. The molecule has 1 aromatic rings. The molecule has 2 N–H and O–H groups in total. The number of nitrogens with two attached hydrogens (primary N) is 1. The van der Waals surface area contributed by atoms with E-state index >= 15 is 0 Å². The third-order valence-electron chi connectivity index (χ3n) is 1.94. The number of hydrogen-bond donors (Lipinski definition) is 1. The quantitative estimate of drug-likeness (QED) is 0.795. The maximum absolute atomic E-state index is 5.74. The van der Waals surface area contributed by atoms with E-state index in [1.165, 1.54) is 0 Å². The van der Waals surface area contributed by atoms with E-state index in [1.54, 1.807) is 19.2 Å². The zero-order valence-corrected chi connectivity index (χ0v) is 9.90. The number of nitrogens with zero attached hydrogens (tertiary/aromatic N) is 1. The van der Waals surface area contributed by atoms with Gasteiger partial charge in [-0.1, -0.05) is 0 Å². The van der Waals surface area contributed by atoms with Crippen molar-refractivity contribution >= 4 is 5.69 Å². The minimum absolute atomic E-state index is 0.0955. The van der Waals surface area contributed by atoms with Gasteiger partial charge in [0.2, 0.25) is 11.8 Å². The van der Waals surface area contributed by atoms with Gasteiger partial charge >= 0.3 is 0 Å². The second-order valence-electron chi connectivity index (χ2n) is 3.34. The van der Waals surface area contributed by atoms with Gasteiger partial charge in [0.25, 0.3) is 0 Å². The second-order valence-corrected chi connectivity index (χ2v) is 3.34. The summed E-state index contributed by atoms with van der Waals surface area (Å²) in [6.45, 7) is 5.00. The van der Waals surface area contributed by atoms with E-state index in [1.807, 2.05) is 13.8 Å². The minimum atomic E-state index is -0.0955. The highest BCUT2D eigenvalue weighted by Gasteiger charge is 2.09. The fraction of sp³-hybridized carbons (Fsp3) is 0.545. The van der Waals surface area contributed by atoms with Crippen LogP contribution in [0.25, 0.3) is 0 Å². The Hall–Kier alpha value is -1.49. The van der Waals surface area contributed by atoms with Crippen LogP contribution in [-0.2, 0) is 4.74 Å². The van der Waals surface area contributed by atoms with Crippen molar-refractivity contribution in [1.82, 2.24) is 4.98 Å². The molecule has 16 heavy (non-hydrogen) atoms. The predicted molar refractivity (Wildman–Crippen MR) is 61.8 cm³/mol. The molecule has 0 radical (unpaired) electrons. The van der Waals surface area contributed by atoms with Gasteiger partial charge in [-0.25, -0.2) is 0 Å². The van der Waals surface area contributed by atoms with Crippen LogP contribution >= 0.6 is 0 Å². The topological polar surface area (TPSA) is 66.6 Å². The maximum atomic E-state index is 5.74. The Bertz CT molecular complexity index is 331. The summed E-state index contributed by atoms with van der Waals surface area (Å²) < 4.78 is 15.8. The lowest BCUT2D eigenvalue weighted by Crippen LogP contribution is -2.20. The molecule has 0 fully saturated rings. The smallest absolute Gasteiger partial charge is 0.240 e. The van der Waals surface area contributed by atoms with Crippen molar-refractivity contribution in [3.05, 3.63) is 12.1 Å². The number of ether oxygens (including phenoxy) is 3. The third-order valence-corrected chi connectivity index (χ3v) is 1.94. The maximum Gasteiger partial charge on any atom is 0.240 e. The average Bonchev–Trinajstić information content (AvgIpc) is 2.29. The summed E-state index contributed by atoms with van der Waals surface area (Å²) in [5.74, 6) is 0.861. The first-order valence-corrected chi connectivity index (χ1v) is 5.22. The summed E-state index contributed by atoms with van der Waals surface area (Å²) in [5, 5.41) is 0. The zero-order chi connectivity index (χ0) is 12.0. The minimum Gasteiger partial charge on any atom is -0.481 e. The van der Waals surface area contributed by atoms with Crippen molar-refractivity contribution in [2.24, 2.45) is 0 Å². The van der Waals surface area contributed by atoms with Crippen molar-refractivity contribution < 1.29 is 14.2 Å². The first-order valence-electron chi connectivity index (χ1n) is 5.22. The summed E-state index contributed by atoms with van der Waals surface area (Å²) in [5.41, 5.74) is 6.23. The molecule has 0 amide bonds. The fourth-order valence-corrected chi connectivity index (χ4v) is 1.15. The van der Waals surface area contributed by atoms with Gasteiger partial charge in [-0.05, 0) is 19.9 Å². The first-order chi connectivity index (χ1) is 7.67. The number of rotatable bonds is 6. The Kier molecular flexibility index (Phi) is 4.85. The van der Waals surface area contributed by atoms with E-state index in [2.05, 4.69) is 4.98 Å². The summed E-state index contributed by atoms with van der Waals surface area (Å²) in [4.78, 5) is 4.11. The van der Waals surface area contributed by atoms with Crippen LogP contribution in [0.15, 0.2) is 12.1 Å². The highest BCUT2D eigenvalue weighted by atomic mass is 16.5. The van der Waals surface area contributed by atoms with E-state index in [0.29, 0.717) is 30.7 Å². The SMILES string of the molecule is CCOCC(C)Oc1nc(OC)ccc1N. The summed E-state index contributed by atoms with van der Waals surface area (Å²) in [6.07, 6.45) is -0.0955. The number of anilines is 1. The van der Waals surface area contributed by atoms with Gasteiger partial charge in [0.05, 0.1) is 19.4 Å². The molecule has 5 nitrogen and oxygen atoms in total. The molecule has 1 unspecified atom stereocenters. The number of nitrogen functional groups attached to an aromatic ring is 1. The van der Waals surface area contributed by atoms with E-state index in [-0.39, 0.29) is 6.10 Å². The van der Waals surface area contributed by atoms with Gasteiger partial charge in [-0.3, -0.25) is 0 Å². The van der Waals surface area contributed by atoms with E-state index in [9.17, 15) is 0 Å². The summed E-state index contributed by atoms with van der Waals surface area (Å²) in [7, 11) is 1.55. The molecule has 0 saturated heterocycles. The fourth-order valence-electron chi connectivity index (χ4n) is 1.15. The van der Waals surface area contributed by atoms with Crippen LogP contribution in [0.2, 0.25) is 0 Å². The highest BCUT2D eigenvalue weighted by Crippen LogP contribution is 2.22. The van der Waals surface area contributed by atoms with Gasteiger partial charge in [-0.15, -0.1) is 0 Å². The van der Waals surface area contributed by atoms with E-state index in [0.717, 1.165) is 0 Å².